The van der Waals surface area contributed by atoms with Crippen LogP contribution in [0.25, 0.3) is 11.3 Å². The molecule has 0 saturated carbocycles. The maximum absolute atomic E-state index is 14.8. The predicted molar refractivity (Wildman–Crippen MR) is 199 cm³/mol. The van der Waals surface area contributed by atoms with Crippen molar-refractivity contribution in [3.05, 3.63) is 136 Å². The van der Waals surface area contributed by atoms with Gasteiger partial charge in [-0.3, -0.25) is 9.59 Å². The van der Waals surface area contributed by atoms with Gasteiger partial charge in [-0.05, 0) is 104 Å². The predicted octanol–water partition coefficient (Wildman–Crippen LogP) is -0.363. The number of fused-ring (bicyclic) bond motifs is 2. The summed E-state index contributed by atoms with van der Waals surface area (Å²) in [6, 6.07) is 28.3. The van der Waals surface area contributed by atoms with Crippen molar-refractivity contribution in [3.63, 3.8) is 0 Å². The largest absolute Gasteiger partial charge is 1.00 e. The van der Waals surface area contributed by atoms with Gasteiger partial charge in [-0.1, -0.05) is 42.5 Å². The maximum Gasteiger partial charge on any atom is 1.00 e. The van der Waals surface area contributed by atoms with Gasteiger partial charge in [0.2, 0.25) is 0 Å². The minimum Gasteiger partial charge on any atom is -0.780 e. The Morgan fingerprint density at radius 2 is 1.46 bits per heavy atom. The van der Waals surface area contributed by atoms with Gasteiger partial charge in [-0.2, -0.15) is 0 Å². The zero-order chi connectivity index (χ0) is 38.3. The molecule has 0 saturated heterocycles. The van der Waals surface area contributed by atoms with E-state index >= 15 is 0 Å². The Morgan fingerprint density at radius 3 is 2.14 bits per heavy atom. The van der Waals surface area contributed by atoms with Crippen LogP contribution in [0.1, 0.15) is 55.6 Å². The molecule has 1 aromatic heterocycles. The van der Waals surface area contributed by atoms with E-state index in [1.807, 2.05) is 66.8 Å². The zero-order valence-corrected chi connectivity index (χ0v) is 37.2. The number of carbonyl (C=O) groups is 3. The fourth-order valence-corrected chi connectivity index (χ4v) is 7.63. The van der Waals surface area contributed by atoms with Crippen LogP contribution in [0.3, 0.4) is 0 Å². The summed E-state index contributed by atoms with van der Waals surface area (Å²) in [5.74, 6) is -0.180. The summed E-state index contributed by atoms with van der Waals surface area (Å²) in [5, 5.41) is 0. The molecule has 0 bridgehead atoms. The van der Waals surface area contributed by atoms with Crippen molar-refractivity contribution in [1.29, 1.82) is 0 Å². The summed E-state index contributed by atoms with van der Waals surface area (Å²) in [6.07, 6.45) is 0.795. The molecule has 278 valence electrons. The van der Waals surface area contributed by atoms with Crippen molar-refractivity contribution in [2.24, 2.45) is 7.05 Å². The first-order chi connectivity index (χ1) is 25.8. The number of hydrogen-bond donors (Lipinski definition) is 0. The quantitative estimate of drug-likeness (QED) is 0.161. The van der Waals surface area contributed by atoms with Crippen molar-refractivity contribution >= 4 is 31.4 Å². The molecule has 7 rings (SSSR count). The first-order valence-electron chi connectivity index (χ1n) is 17.6. The molecule has 2 aliphatic heterocycles. The van der Waals surface area contributed by atoms with Gasteiger partial charge >= 0.3 is 65.2 Å². The third-order valence-corrected chi connectivity index (χ3v) is 10.8. The molecule has 0 spiro atoms. The van der Waals surface area contributed by atoms with E-state index in [2.05, 4.69) is 10.6 Å². The molecule has 0 aliphatic carbocycles. The number of amides is 3. The molecule has 0 radical (unpaired) electrons. The molecule has 15 heteroatoms. The van der Waals surface area contributed by atoms with Crippen LogP contribution in [0.5, 0.6) is 11.5 Å². The Morgan fingerprint density at radius 1 is 0.804 bits per heavy atom. The SMILES string of the molecule is Cc1c(C(=O)N(C)c2ccc(OP(=O)([O-])[O-])cc2)cc(-c2cc3c(cc2C(=O)N2Cc4ccccc4C[C@H]2C)CN(C(=O)Oc2ccccc2)CC3)n1C.[Na+].[Na+]. The molecule has 0 fully saturated rings. The van der Waals surface area contributed by atoms with E-state index in [0.717, 1.165) is 23.1 Å². The van der Waals surface area contributed by atoms with E-state index in [9.17, 15) is 28.7 Å². The van der Waals surface area contributed by atoms with Gasteiger partial charge < -0.3 is 42.9 Å². The molecule has 0 N–H and O–H groups in total. The van der Waals surface area contributed by atoms with Gasteiger partial charge in [-0.15, -0.1) is 0 Å². The smallest absolute Gasteiger partial charge is 0.780 e. The number of aromatic nitrogens is 1. The van der Waals surface area contributed by atoms with E-state index < -0.39 is 13.9 Å². The van der Waals surface area contributed by atoms with Crippen LogP contribution in [0.4, 0.5) is 10.5 Å². The molecule has 0 unspecified atom stereocenters. The number of phosphoric ester groups is 1. The van der Waals surface area contributed by atoms with E-state index in [-0.39, 0.29) is 89.3 Å². The van der Waals surface area contributed by atoms with Crippen molar-refractivity contribution in [2.45, 2.75) is 45.8 Å². The number of carbonyl (C=O) groups excluding carboxylic acids is 3. The molecular formula is C41H39N4Na2O8P. The minimum absolute atomic E-state index is 0. The van der Waals surface area contributed by atoms with Gasteiger partial charge in [0.1, 0.15) is 19.3 Å². The molecule has 1 atom stereocenters. The minimum atomic E-state index is -5.23. The summed E-state index contributed by atoms with van der Waals surface area (Å²) in [4.78, 5) is 69.0. The fourth-order valence-electron chi connectivity index (χ4n) is 7.25. The molecule has 3 amide bonds. The summed E-state index contributed by atoms with van der Waals surface area (Å²) in [7, 11) is -1.79. The number of rotatable bonds is 7. The second-order valence-electron chi connectivity index (χ2n) is 13.8. The van der Waals surface area contributed by atoms with Crippen LogP contribution >= 0.6 is 7.82 Å². The summed E-state index contributed by atoms with van der Waals surface area (Å²) >= 11 is 0. The van der Waals surface area contributed by atoms with E-state index in [4.69, 9.17) is 4.74 Å². The van der Waals surface area contributed by atoms with Crippen molar-refractivity contribution in [1.82, 2.24) is 14.4 Å². The van der Waals surface area contributed by atoms with Crippen LogP contribution in [0.15, 0.2) is 97.1 Å². The van der Waals surface area contributed by atoms with Crippen LogP contribution in [0.2, 0.25) is 0 Å². The average molecular weight is 793 g/mol. The van der Waals surface area contributed by atoms with Crippen LogP contribution in [-0.2, 0) is 37.5 Å². The Hall–Kier alpha value is -3.68. The number of para-hydroxylation sites is 1. The summed E-state index contributed by atoms with van der Waals surface area (Å²) in [6.45, 7) is 5.03. The molecule has 56 heavy (non-hydrogen) atoms. The van der Waals surface area contributed by atoms with Gasteiger partial charge in [-0.25, -0.2) is 4.79 Å². The van der Waals surface area contributed by atoms with Crippen LogP contribution in [-0.4, -0.2) is 51.9 Å². The molecule has 2 aliphatic rings. The average Bonchev–Trinajstić information content (AvgIpc) is 3.45. The fraction of sp³-hybridized carbons (Fsp3) is 0.244. The second kappa shape index (κ2) is 17.9. The second-order valence-corrected chi connectivity index (χ2v) is 14.8. The zero-order valence-electron chi connectivity index (χ0n) is 32.4. The van der Waals surface area contributed by atoms with E-state index in [1.165, 1.54) is 34.7 Å². The van der Waals surface area contributed by atoms with E-state index in [0.29, 0.717) is 59.0 Å². The van der Waals surface area contributed by atoms with Crippen molar-refractivity contribution in [3.8, 4) is 22.8 Å². The third-order valence-electron chi connectivity index (χ3n) is 10.3. The molecule has 3 heterocycles. The Bertz CT molecular complexity index is 2310. The summed E-state index contributed by atoms with van der Waals surface area (Å²) in [5.41, 5.74) is 7.51. The number of hydrogen-bond acceptors (Lipinski definition) is 8. The normalized spacial score (nSPS) is 14.7. The van der Waals surface area contributed by atoms with Gasteiger partial charge in [0.05, 0.1) is 5.56 Å². The third kappa shape index (κ3) is 9.20. The molecule has 4 aromatic carbocycles. The van der Waals surface area contributed by atoms with Crippen LogP contribution < -0.4 is 83.1 Å². The first kappa shape index (κ1) is 43.4. The summed E-state index contributed by atoms with van der Waals surface area (Å²) < 4.78 is 23.0. The number of benzene rings is 4. The monoisotopic (exact) mass is 792 g/mol. The first-order valence-corrected chi connectivity index (χ1v) is 19.0. The van der Waals surface area contributed by atoms with E-state index in [1.54, 1.807) is 42.3 Å². The number of anilines is 1. The van der Waals surface area contributed by atoms with Crippen molar-refractivity contribution < 1.29 is 97.1 Å². The Balaban J connectivity index is 0.00000300. The standard InChI is InChI=1S/C41H41N4O8P.2Na/c1-26-20-28-10-8-9-11-30(28)25-45(26)40(47)37-22-31-24-44(41(48)52-33-12-6-5-7-13-33)19-18-29(31)21-36(37)38-23-35(27(2)42(38)3)39(46)43(4)32-14-16-34(17-15-32)53-54(49,50)51;;/h5-17,21-23,26H,18-20,24-25H2,1-4H3,(H2,49,50,51);;/q;2*+1/p-2/t26-;;/m1../s1. The van der Waals surface area contributed by atoms with Crippen molar-refractivity contribution in [2.75, 3.05) is 18.5 Å². The topological polar surface area (TPSA) is 148 Å². The Labute approximate surface area is 370 Å². The van der Waals surface area contributed by atoms with Crippen LogP contribution in [0, 0.1) is 6.92 Å². The number of nitrogens with zero attached hydrogens (tertiary/aromatic N) is 4. The molecule has 12 nitrogen and oxygen atoms in total. The maximum atomic E-state index is 14.8. The van der Waals surface area contributed by atoms with Gasteiger partial charge in [0.25, 0.3) is 11.8 Å². The van der Waals surface area contributed by atoms with Gasteiger partial charge in [0.15, 0.2) is 0 Å². The Kier molecular flexibility index (Phi) is 13.8. The molecule has 5 aromatic rings. The number of phosphoric acid groups is 1. The molecular weight excluding hydrogens is 753 g/mol. The van der Waals surface area contributed by atoms with Gasteiger partial charge in [0, 0.05) is 68.0 Å². The number of ether oxygens (including phenoxy) is 1.